The van der Waals surface area contributed by atoms with Crippen molar-refractivity contribution < 1.29 is 14.3 Å². The third-order valence-corrected chi connectivity index (χ3v) is 5.63. The van der Waals surface area contributed by atoms with Gasteiger partial charge < -0.3 is 15.0 Å². The van der Waals surface area contributed by atoms with Crippen molar-refractivity contribution in [3.8, 4) is 5.75 Å². The Bertz CT molecular complexity index is 1050. The molecule has 3 aromatic carbocycles. The third-order valence-electron chi connectivity index (χ3n) is 5.38. The van der Waals surface area contributed by atoms with Crippen molar-refractivity contribution >= 4 is 23.4 Å². The van der Waals surface area contributed by atoms with Gasteiger partial charge in [-0.2, -0.15) is 0 Å². The predicted octanol–water partition coefficient (Wildman–Crippen LogP) is 4.67. The van der Waals surface area contributed by atoms with Gasteiger partial charge in [-0.05, 0) is 47.9 Å². The highest BCUT2D eigenvalue weighted by atomic mass is 35.5. The molecule has 0 saturated carbocycles. The number of rotatable bonds is 10. The van der Waals surface area contributed by atoms with E-state index < -0.39 is 6.04 Å². The lowest BCUT2D eigenvalue weighted by molar-refractivity contribution is -0.140. The van der Waals surface area contributed by atoms with Crippen molar-refractivity contribution in [2.45, 2.75) is 32.4 Å². The van der Waals surface area contributed by atoms with Crippen molar-refractivity contribution in [1.29, 1.82) is 0 Å². The van der Waals surface area contributed by atoms with Crippen LogP contribution in [-0.4, -0.2) is 36.4 Å². The number of methoxy groups -OCH3 is 1. The maximum atomic E-state index is 13.6. The topological polar surface area (TPSA) is 58.6 Å². The van der Waals surface area contributed by atoms with Gasteiger partial charge in [0.2, 0.25) is 11.8 Å². The molecule has 0 saturated heterocycles. The molecule has 3 rings (SSSR count). The molecule has 0 spiro atoms. The summed E-state index contributed by atoms with van der Waals surface area (Å²) in [5.41, 5.74) is 2.72. The number of carbonyl (C=O) groups is 2. The van der Waals surface area contributed by atoms with Crippen molar-refractivity contribution in [3.05, 3.63) is 101 Å². The fourth-order valence-corrected chi connectivity index (χ4v) is 3.82. The predicted molar refractivity (Wildman–Crippen MR) is 131 cm³/mol. The Labute approximate surface area is 200 Å². The largest absolute Gasteiger partial charge is 0.497 e. The van der Waals surface area contributed by atoms with Gasteiger partial charge in [0, 0.05) is 24.5 Å². The van der Waals surface area contributed by atoms with Gasteiger partial charge in [0.05, 0.1) is 13.5 Å². The molecule has 0 bridgehead atoms. The van der Waals surface area contributed by atoms with Crippen LogP contribution >= 0.6 is 11.6 Å². The summed E-state index contributed by atoms with van der Waals surface area (Å²) in [5.74, 6) is 0.399. The lowest BCUT2D eigenvalue weighted by Gasteiger charge is -2.31. The molecule has 1 N–H and O–H groups in total. The molecule has 1 unspecified atom stereocenters. The first-order valence-electron chi connectivity index (χ1n) is 11.0. The third kappa shape index (κ3) is 7.09. The molecule has 0 radical (unpaired) electrons. The van der Waals surface area contributed by atoms with Crippen molar-refractivity contribution in [3.63, 3.8) is 0 Å². The van der Waals surface area contributed by atoms with Crippen molar-refractivity contribution in [2.24, 2.45) is 0 Å². The Morgan fingerprint density at radius 3 is 2.30 bits per heavy atom. The molecule has 3 aromatic rings. The molecule has 5 nitrogen and oxygen atoms in total. The van der Waals surface area contributed by atoms with Gasteiger partial charge in [0.15, 0.2) is 0 Å². The van der Waals surface area contributed by atoms with Crippen LogP contribution in [0.4, 0.5) is 0 Å². The second-order valence-electron chi connectivity index (χ2n) is 7.78. The van der Waals surface area contributed by atoms with Gasteiger partial charge >= 0.3 is 0 Å². The van der Waals surface area contributed by atoms with Gasteiger partial charge in [-0.15, -0.1) is 0 Å². The fraction of sp³-hybridized carbons (Fsp3) is 0.259. The van der Waals surface area contributed by atoms with Crippen LogP contribution in [-0.2, 0) is 29.0 Å². The van der Waals surface area contributed by atoms with E-state index in [2.05, 4.69) is 5.32 Å². The Balaban J connectivity index is 1.95. The van der Waals surface area contributed by atoms with Crippen LogP contribution in [0.5, 0.6) is 5.75 Å². The summed E-state index contributed by atoms with van der Waals surface area (Å²) >= 11 is 6.00. The minimum Gasteiger partial charge on any atom is -0.497 e. The number of halogens is 1. The van der Waals surface area contributed by atoms with Crippen LogP contribution in [0.2, 0.25) is 5.02 Å². The highest BCUT2D eigenvalue weighted by Crippen LogP contribution is 2.20. The van der Waals surface area contributed by atoms with Gasteiger partial charge in [0.25, 0.3) is 0 Å². The Morgan fingerprint density at radius 2 is 1.64 bits per heavy atom. The number of nitrogens with zero attached hydrogens (tertiary/aromatic N) is 1. The molecule has 0 aliphatic carbocycles. The summed E-state index contributed by atoms with van der Waals surface area (Å²) in [6, 6.07) is 23.9. The summed E-state index contributed by atoms with van der Waals surface area (Å²) < 4.78 is 5.35. The number of ether oxygens (including phenoxy) is 1. The molecule has 1 atom stereocenters. The van der Waals surface area contributed by atoms with Gasteiger partial charge in [-0.3, -0.25) is 9.59 Å². The molecule has 0 aliphatic heterocycles. The van der Waals surface area contributed by atoms with E-state index in [-0.39, 0.29) is 24.8 Å². The minimum absolute atomic E-state index is 0.132. The zero-order valence-electron chi connectivity index (χ0n) is 19.0. The molecule has 6 heteroatoms. The molecular weight excluding hydrogens is 436 g/mol. The second-order valence-corrected chi connectivity index (χ2v) is 8.21. The van der Waals surface area contributed by atoms with Crippen LogP contribution in [0.15, 0.2) is 78.9 Å². The quantitative estimate of drug-likeness (QED) is 0.474. The minimum atomic E-state index is -0.654. The summed E-state index contributed by atoms with van der Waals surface area (Å²) in [5, 5.41) is 3.52. The number of benzene rings is 3. The maximum absolute atomic E-state index is 13.6. The highest BCUT2D eigenvalue weighted by Gasteiger charge is 2.30. The normalized spacial score (nSPS) is 11.5. The van der Waals surface area contributed by atoms with E-state index in [9.17, 15) is 9.59 Å². The summed E-state index contributed by atoms with van der Waals surface area (Å²) in [4.78, 5) is 28.4. The van der Waals surface area contributed by atoms with E-state index >= 15 is 0 Å². The first-order chi connectivity index (χ1) is 16.0. The number of likely N-dealkylation sites (N-methyl/N-ethyl adjacent to an activating group) is 1. The SMILES string of the molecule is CCNC(=O)C(Cc1ccccc1)N(Cc1cccc(OC)c1)C(=O)Cc1ccc(Cl)cc1. The van der Waals surface area contributed by atoms with Crippen molar-refractivity contribution in [1.82, 2.24) is 10.2 Å². The summed E-state index contributed by atoms with van der Waals surface area (Å²) in [7, 11) is 1.61. The van der Waals surface area contributed by atoms with Crippen LogP contribution in [0, 0.1) is 0 Å². The number of nitrogens with one attached hydrogen (secondary N) is 1. The molecule has 0 heterocycles. The van der Waals surface area contributed by atoms with E-state index in [4.69, 9.17) is 16.3 Å². The molecule has 0 aromatic heterocycles. The summed E-state index contributed by atoms with van der Waals surface area (Å²) in [6.45, 7) is 2.65. The van der Waals surface area contributed by atoms with Crippen LogP contribution < -0.4 is 10.1 Å². The lowest BCUT2D eigenvalue weighted by atomic mass is 10.0. The van der Waals surface area contributed by atoms with Crippen LogP contribution in [0.1, 0.15) is 23.6 Å². The zero-order valence-corrected chi connectivity index (χ0v) is 19.7. The van der Waals surface area contributed by atoms with E-state index in [0.29, 0.717) is 23.7 Å². The number of hydrogen-bond donors (Lipinski definition) is 1. The van der Waals surface area contributed by atoms with E-state index in [0.717, 1.165) is 16.7 Å². The monoisotopic (exact) mass is 464 g/mol. The number of amides is 2. The van der Waals surface area contributed by atoms with Gasteiger partial charge in [0.1, 0.15) is 11.8 Å². The molecule has 33 heavy (non-hydrogen) atoms. The number of carbonyl (C=O) groups excluding carboxylic acids is 2. The Morgan fingerprint density at radius 1 is 0.939 bits per heavy atom. The Kier molecular flexibility index (Phi) is 8.90. The highest BCUT2D eigenvalue weighted by molar-refractivity contribution is 6.30. The fourth-order valence-electron chi connectivity index (χ4n) is 3.69. The van der Waals surface area contributed by atoms with Crippen LogP contribution in [0.3, 0.4) is 0 Å². The number of hydrogen-bond acceptors (Lipinski definition) is 3. The molecule has 172 valence electrons. The zero-order chi connectivity index (χ0) is 23.6. The average Bonchev–Trinajstić information content (AvgIpc) is 2.83. The molecular formula is C27H29ClN2O3. The smallest absolute Gasteiger partial charge is 0.243 e. The first-order valence-corrected chi connectivity index (χ1v) is 11.4. The Hall–Kier alpha value is -3.31. The molecule has 2 amide bonds. The lowest BCUT2D eigenvalue weighted by Crippen LogP contribution is -2.50. The van der Waals surface area contributed by atoms with Crippen LogP contribution in [0.25, 0.3) is 0 Å². The summed E-state index contributed by atoms with van der Waals surface area (Å²) in [6.07, 6.45) is 0.592. The standard InChI is InChI=1S/C27H29ClN2O3/c1-3-29-27(32)25(17-20-8-5-4-6-9-20)30(19-22-10-7-11-24(16-22)33-2)26(31)18-21-12-14-23(28)15-13-21/h4-16,25H,3,17-19H2,1-2H3,(H,29,32). The van der Waals surface area contributed by atoms with Gasteiger partial charge in [-0.1, -0.05) is 66.2 Å². The molecule has 0 fully saturated rings. The van der Waals surface area contributed by atoms with E-state index in [1.807, 2.05) is 73.7 Å². The molecule has 0 aliphatic rings. The second kappa shape index (κ2) is 12.1. The maximum Gasteiger partial charge on any atom is 0.243 e. The first kappa shape index (κ1) is 24.3. The van der Waals surface area contributed by atoms with Gasteiger partial charge in [-0.25, -0.2) is 0 Å². The van der Waals surface area contributed by atoms with E-state index in [1.165, 1.54) is 0 Å². The van der Waals surface area contributed by atoms with E-state index in [1.54, 1.807) is 24.1 Å². The average molecular weight is 465 g/mol. The van der Waals surface area contributed by atoms with Crippen molar-refractivity contribution in [2.75, 3.05) is 13.7 Å².